The van der Waals surface area contributed by atoms with E-state index in [-0.39, 0.29) is 17.2 Å². The summed E-state index contributed by atoms with van der Waals surface area (Å²) in [5.74, 6) is -0.404. The van der Waals surface area contributed by atoms with E-state index >= 15 is 0 Å². The van der Waals surface area contributed by atoms with Crippen molar-refractivity contribution in [3.63, 3.8) is 0 Å². The summed E-state index contributed by atoms with van der Waals surface area (Å²) in [4.78, 5) is 16.7. The molecule has 3 aromatic heterocycles. The number of benzene rings is 1. The summed E-state index contributed by atoms with van der Waals surface area (Å²) in [6.45, 7) is -0.128. The first-order valence-electron chi connectivity index (χ1n) is 10.1. The number of hydrogen-bond donors (Lipinski definition) is 2. The van der Waals surface area contributed by atoms with Gasteiger partial charge in [-0.3, -0.25) is 4.98 Å². The third kappa shape index (κ3) is 5.47. The lowest BCUT2D eigenvalue weighted by atomic mass is 10.1. The molecule has 4 aromatic rings. The normalized spacial score (nSPS) is 12.4. The predicted octanol–water partition coefficient (Wildman–Crippen LogP) is 2.76. The van der Waals surface area contributed by atoms with Gasteiger partial charge in [0.2, 0.25) is 10.0 Å². The van der Waals surface area contributed by atoms with E-state index in [0.717, 1.165) is 27.3 Å². The van der Waals surface area contributed by atoms with E-state index in [2.05, 4.69) is 20.0 Å². The average molecular weight is 500 g/mol. The second-order valence-corrected chi connectivity index (χ2v) is 10.4. The van der Waals surface area contributed by atoms with Gasteiger partial charge in [0.1, 0.15) is 9.96 Å². The first kappa shape index (κ1) is 23.5. The van der Waals surface area contributed by atoms with Crippen LogP contribution in [0.5, 0.6) is 5.75 Å². The highest BCUT2D eigenvalue weighted by Gasteiger charge is 2.23. The molecular formula is C22H21N5O5S2. The molecule has 1 atom stereocenters. The molecule has 0 spiro atoms. The van der Waals surface area contributed by atoms with Crippen molar-refractivity contribution in [1.29, 1.82) is 0 Å². The fourth-order valence-corrected chi connectivity index (χ4v) is 5.53. The van der Waals surface area contributed by atoms with Gasteiger partial charge in [-0.2, -0.15) is 0 Å². The van der Waals surface area contributed by atoms with Gasteiger partial charge < -0.3 is 9.84 Å². The van der Waals surface area contributed by atoms with E-state index in [1.54, 1.807) is 55.9 Å². The summed E-state index contributed by atoms with van der Waals surface area (Å²) in [6, 6.07) is 13.0. The third-order valence-electron chi connectivity index (χ3n) is 4.99. The number of nitrogens with one attached hydrogen (secondary N) is 1. The topological polar surface area (TPSA) is 136 Å². The highest BCUT2D eigenvalue weighted by molar-refractivity contribution is 7.91. The highest BCUT2D eigenvalue weighted by atomic mass is 32.2. The zero-order valence-corrected chi connectivity index (χ0v) is 19.7. The molecule has 0 bridgehead atoms. The van der Waals surface area contributed by atoms with Gasteiger partial charge in [-0.15, -0.1) is 16.4 Å². The Bertz CT molecular complexity index is 1370. The summed E-state index contributed by atoms with van der Waals surface area (Å²) in [7, 11) is -2.23. The molecule has 0 saturated carbocycles. The van der Waals surface area contributed by atoms with Crippen LogP contribution in [-0.2, 0) is 27.8 Å². The first-order valence-corrected chi connectivity index (χ1v) is 12.4. The minimum atomic E-state index is -3.79. The monoisotopic (exact) mass is 499 g/mol. The average Bonchev–Trinajstić information content (AvgIpc) is 3.53. The van der Waals surface area contributed by atoms with Gasteiger partial charge in [-0.1, -0.05) is 23.4 Å². The van der Waals surface area contributed by atoms with Gasteiger partial charge in [-0.05, 0) is 35.9 Å². The minimum Gasteiger partial charge on any atom is -0.497 e. The van der Waals surface area contributed by atoms with Crippen LogP contribution in [0.1, 0.15) is 17.3 Å². The number of ether oxygens (including phenoxy) is 1. The van der Waals surface area contributed by atoms with Crippen LogP contribution in [-0.4, -0.2) is 46.6 Å². The van der Waals surface area contributed by atoms with Gasteiger partial charge in [0.05, 0.1) is 25.5 Å². The molecular weight excluding hydrogens is 478 g/mol. The van der Waals surface area contributed by atoms with Crippen LogP contribution in [0.4, 0.5) is 0 Å². The van der Waals surface area contributed by atoms with Crippen LogP contribution in [0.3, 0.4) is 0 Å². The van der Waals surface area contributed by atoms with Crippen molar-refractivity contribution < 1.29 is 23.1 Å². The van der Waals surface area contributed by atoms with Gasteiger partial charge in [-0.25, -0.2) is 22.6 Å². The molecule has 0 saturated heterocycles. The van der Waals surface area contributed by atoms with Crippen molar-refractivity contribution in [3.05, 3.63) is 78.4 Å². The van der Waals surface area contributed by atoms with Gasteiger partial charge >= 0.3 is 5.97 Å². The number of rotatable bonds is 10. The third-order valence-corrected chi connectivity index (χ3v) is 8.01. The summed E-state index contributed by atoms with van der Waals surface area (Å²) >= 11 is 1.13. The van der Waals surface area contributed by atoms with Crippen molar-refractivity contribution >= 4 is 27.3 Å². The second kappa shape index (κ2) is 10.1. The smallest absolute Gasteiger partial charge is 0.328 e. The predicted molar refractivity (Wildman–Crippen MR) is 125 cm³/mol. The van der Waals surface area contributed by atoms with Crippen LogP contribution >= 0.6 is 11.3 Å². The maximum atomic E-state index is 12.7. The minimum absolute atomic E-state index is 0.128. The highest BCUT2D eigenvalue weighted by Crippen LogP contribution is 2.30. The van der Waals surface area contributed by atoms with Crippen molar-refractivity contribution in [1.82, 2.24) is 24.7 Å². The quantitative estimate of drug-likeness (QED) is 0.340. The Balaban J connectivity index is 1.43. The lowest BCUT2D eigenvalue weighted by molar-refractivity contribution is -0.141. The molecule has 2 N–H and O–H groups in total. The van der Waals surface area contributed by atoms with Crippen LogP contribution in [0.25, 0.3) is 10.4 Å². The van der Waals surface area contributed by atoms with Crippen LogP contribution in [0, 0.1) is 0 Å². The Morgan fingerprint density at radius 1 is 1.21 bits per heavy atom. The number of aromatic nitrogens is 4. The number of pyridine rings is 1. The van der Waals surface area contributed by atoms with Crippen molar-refractivity contribution in [2.45, 2.75) is 23.2 Å². The van der Waals surface area contributed by atoms with Gasteiger partial charge in [0.15, 0.2) is 6.04 Å². The van der Waals surface area contributed by atoms with E-state index in [4.69, 9.17) is 4.74 Å². The number of nitrogens with zero attached hydrogens (tertiary/aromatic N) is 4. The molecule has 4 rings (SSSR count). The van der Waals surface area contributed by atoms with Crippen LogP contribution in [0.2, 0.25) is 0 Å². The summed E-state index contributed by atoms with van der Waals surface area (Å²) in [5.41, 5.74) is 1.91. The zero-order chi connectivity index (χ0) is 24.1. The van der Waals surface area contributed by atoms with E-state index in [1.807, 2.05) is 6.07 Å². The number of hydrogen-bond acceptors (Lipinski definition) is 8. The standard InChI is InChI=1S/C22H21N5O5S2/c1-32-18-6-4-15(5-7-18)11-19(22(28)29)27-14-17(25-26-27)13-24-34(30,31)21-9-8-20(33-21)16-3-2-10-23-12-16/h2-10,12,14,19,24H,11,13H2,1H3,(H,28,29). The maximum Gasteiger partial charge on any atom is 0.328 e. The molecule has 0 aliphatic carbocycles. The molecule has 3 heterocycles. The Hall–Kier alpha value is -3.61. The molecule has 10 nitrogen and oxygen atoms in total. The number of carboxylic acid groups (broad SMARTS) is 1. The summed E-state index contributed by atoms with van der Waals surface area (Å²) < 4.78 is 34.4. The Kier molecular flexibility index (Phi) is 7.01. The van der Waals surface area contributed by atoms with Crippen molar-refractivity contribution in [2.75, 3.05) is 7.11 Å². The molecule has 0 aliphatic rings. The summed E-state index contributed by atoms with van der Waals surface area (Å²) in [6.07, 6.45) is 4.93. The molecule has 0 fully saturated rings. The van der Waals surface area contributed by atoms with Gasteiger partial charge in [0, 0.05) is 29.3 Å². The number of carboxylic acids is 1. The fourth-order valence-electron chi connectivity index (χ4n) is 3.19. The summed E-state index contributed by atoms with van der Waals surface area (Å²) in [5, 5.41) is 17.5. The fraction of sp³-hybridized carbons (Fsp3) is 0.182. The maximum absolute atomic E-state index is 12.7. The number of sulfonamides is 1. The van der Waals surface area contributed by atoms with Crippen molar-refractivity contribution in [3.8, 4) is 16.2 Å². The number of methoxy groups -OCH3 is 1. The molecule has 0 radical (unpaired) electrons. The molecule has 1 unspecified atom stereocenters. The number of aliphatic carboxylic acids is 1. The van der Waals surface area contributed by atoms with Gasteiger partial charge in [0.25, 0.3) is 0 Å². The number of thiophene rings is 1. The Morgan fingerprint density at radius 3 is 2.68 bits per heavy atom. The van der Waals surface area contributed by atoms with E-state index in [0.29, 0.717) is 11.4 Å². The lowest BCUT2D eigenvalue weighted by Crippen LogP contribution is -2.23. The first-order chi connectivity index (χ1) is 16.4. The second-order valence-electron chi connectivity index (χ2n) is 7.28. The largest absolute Gasteiger partial charge is 0.497 e. The Labute approximate surface area is 199 Å². The van der Waals surface area contributed by atoms with E-state index < -0.39 is 22.0 Å². The SMILES string of the molecule is COc1ccc(CC(C(=O)O)n2cc(CNS(=O)(=O)c3ccc(-c4cccnc4)s3)nn2)cc1. The molecule has 176 valence electrons. The molecule has 34 heavy (non-hydrogen) atoms. The van der Waals surface area contributed by atoms with Crippen LogP contribution in [0.15, 0.2) is 71.3 Å². The van der Waals surface area contributed by atoms with Crippen LogP contribution < -0.4 is 9.46 Å². The molecule has 1 aromatic carbocycles. The molecule has 12 heteroatoms. The zero-order valence-electron chi connectivity index (χ0n) is 18.0. The molecule has 0 amide bonds. The Morgan fingerprint density at radius 2 is 2.00 bits per heavy atom. The van der Waals surface area contributed by atoms with Crippen molar-refractivity contribution in [2.24, 2.45) is 0 Å². The van der Waals surface area contributed by atoms with E-state index in [1.165, 1.54) is 16.9 Å². The molecule has 0 aliphatic heterocycles. The number of carbonyl (C=O) groups is 1. The van der Waals surface area contributed by atoms with E-state index in [9.17, 15) is 18.3 Å². The lowest BCUT2D eigenvalue weighted by Gasteiger charge is -2.12.